The Labute approximate surface area is 93.1 Å². The SMILES string of the molecule is CCN(CCC(=O)OC)c1nnc(C)s1. The van der Waals surface area contributed by atoms with E-state index in [1.807, 2.05) is 18.7 Å². The summed E-state index contributed by atoms with van der Waals surface area (Å²) >= 11 is 1.53. The van der Waals surface area contributed by atoms with E-state index in [-0.39, 0.29) is 5.97 Å². The number of carbonyl (C=O) groups excluding carboxylic acids is 1. The van der Waals surface area contributed by atoms with E-state index in [9.17, 15) is 4.79 Å². The molecule has 1 rings (SSSR count). The Balaban J connectivity index is 2.53. The summed E-state index contributed by atoms with van der Waals surface area (Å²) in [4.78, 5) is 13.0. The lowest BCUT2D eigenvalue weighted by Crippen LogP contribution is -2.25. The minimum absolute atomic E-state index is 0.199. The Bertz CT molecular complexity index is 327. The maximum Gasteiger partial charge on any atom is 0.307 e. The van der Waals surface area contributed by atoms with Crippen LogP contribution in [0.5, 0.6) is 0 Å². The van der Waals surface area contributed by atoms with Crippen LogP contribution >= 0.6 is 11.3 Å². The predicted molar refractivity (Wildman–Crippen MR) is 59.2 cm³/mol. The summed E-state index contributed by atoms with van der Waals surface area (Å²) < 4.78 is 4.59. The number of hydrogen-bond acceptors (Lipinski definition) is 6. The third-order valence-electron chi connectivity index (χ3n) is 1.98. The molecule has 0 saturated heterocycles. The van der Waals surface area contributed by atoms with Crippen molar-refractivity contribution in [2.45, 2.75) is 20.3 Å². The summed E-state index contributed by atoms with van der Waals surface area (Å²) in [6.45, 7) is 5.37. The van der Waals surface area contributed by atoms with Gasteiger partial charge in [0.25, 0.3) is 0 Å². The average molecular weight is 229 g/mol. The van der Waals surface area contributed by atoms with Crippen LogP contribution in [0.1, 0.15) is 18.4 Å². The van der Waals surface area contributed by atoms with Crippen LogP contribution in [0.25, 0.3) is 0 Å². The van der Waals surface area contributed by atoms with Crippen molar-refractivity contribution in [2.24, 2.45) is 0 Å². The molecule has 0 aromatic carbocycles. The second kappa shape index (κ2) is 5.65. The molecule has 1 heterocycles. The summed E-state index contributed by atoms with van der Waals surface area (Å²) in [5, 5.41) is 9.77. The highest BCUT2D eigenvalue weighted by molar-refractivity contribution is 7.15. The highest BCUT2D eigenvalue weighted by Gasteiger charge is 2.11. The largest absolute Gasteiger partial charge is 0.469 e. The van der Waals surface area contributed by atoms with Crippen molar-refractivity contribution in [3.05, 3.63) is 5.01 Å². The van der Waals surface area contributed by atoms with Gasteiger partial charge in [-0.2, -0.15) is 0 Å². The van der Waals surface area contributed by atoms with Crippen molar-refractivity contribution in [3.8, 4) is 0 Å². The van der Waals surface area contributed by atoms with Crippen molar-refractivity contribution in [3.63, 3.8) is 0 Å². The lowest BCUT2D eigenvalue weighted by Gasteiger charge is -2.17. The number of ether oxygens (including phenoxy) is 1. The molecule has 0 radical (unpaired) electrons. The molecule has 15 heavy (non-hydrogen) atoms. The first kappa shape index (κ1) is 11.9. The van der Waals surface area contributed by atoms with Gasteiger partial charge >= 0.3 is 5.97 Å². The Hall–Kier alpha value is -1.17. The van der Waals surface area contributed by atoms with Crippen LogP contribution in [0.2, 0.25) is 0 Å². The minimum Gasteiger partial charge on any atom is -0.469 e. The number of methoxy groups -OCH3 is 1. The molecule has 0 aliphatic carbocycles. The van der Waals surface area contributed by atoms with Gasteiger partial charge in [0.1, 0.15) is 5.01 Å². The molecule has 84 valence electrons. The summed E-state index contributed by atoms with van der Waals surface area (Å²) in [7, 11) is 1.40. The molecule has 0 N–H and O–H groups in total. The van der Waals surface area contributed by atoms with E-state index >= 15 is 0 Å². The lowest BCUT2D eigenvalue weighted by atomic mass is 10.4. The Morgan fingerprint density at radius 3 is 2.73 bits per heavy atom. The Morgan fingerprint density at radius 1 is 1.53 bits per heavy atom. The molecular weight excluding hydrogens is 214 g/mol. The van der Waals surface area contributed by atoms with E-state index in [4.69, 9.17) is 0 Å². The number of rotatable bonds is 5. The van der Waals surface area contributed by atoms with Crippen LogP contribution in [0, 0.1) is 6.92 Å². The van der Waals surface area contributed by atoms with Gasteiger partial charge in [0.15, 0.2) is 0 Å². The molecule has 0 fully saturated rings. The number of nitrogens with zero attached hydrogens (tertiary/aromatic N) is 3. The van der Waals surface area contributed by atoms with E-state index in [0.717, 1.165) is 16.7 Å². The molecule has 5 nitrogen and oxygen atoms in total. The molecule has 6 heteroatoms. The molecule has 0 bridgehead atoms. The second-order valence-corrected chi connectivity index (χ2v) is 4.17. The average Bonchev–Trinajstić information content (AvgIpc) is 2.65. The first-order chi connectivity index (χ1) is 7.17. The number of anilines is 1. The molecule has 0 aliphatic heterocycles. The number of hydrogen-bond donors (Lipinski definition) is 0. The van der Waals surface area contributed by atoms with E-state index in [2.05, 4.69) is 14.9 Å². The zero-order valence-electron chi connectivity index (χ0n) is 9.19. The third kappa shape index (κ3) is 3.47. The van der Waals surface area contributed by atoms with E-state index in [1.165, 1.54) is 18.4 Å². The van der Waals surface area contributed by atoms with Gasteiger partial charge in [0, 0.05) is 13.1 Å². The van der Waals surface area contributed by atoms with Gasteiger partial charge < -0.3 is 9.64 Å². The van der Waals surface area contributed by atoms with Gasteiger partial charge in [-0.05, 0) is 13.8 Å². The van der Waals surface area contributed by atoms with Crippen LogP contribution in [0.3, 0.4) is 0 Å². The standard InChI is InChI=1S/C9H15N3O2S/c1-4-12(6-5-8(13)14-3)9-11-10-7(2)15-9/h4-6H2,1-3H3. The molecule has 1 aromatic heterocycles. The molecule has 0 saturated carbocycles. The van der Waals surface area contributed by atoms with Gasteiger partial charge in [-0.3, -0.25) is 4.79 Å². The summed E-state index contributed by atoms with van der Waals surface area (Å²) in [6, 6.07) is 0. The van der Waals surface area contributed by atoms with Crippen LogP contribution < -0.4 is 4.90 Å². The van der Waals surface area contributed by atoms with Crippen molar-refractivity contribution in [2.75, 3.05) is 25.1 Å². The quantitative estimate of drug-likeness (QED) is 0.711. The van der Waals surface area contributed by atoms with E-state index < -0.39 is 0 Å². The summed E-state index contributed by atoms with van der Waals surface area (Å²) in [5.74, 6) is -0.199. The molecule has 0 unspecified atom stereocenters. The van der Waals surface area contributed by atoms with Crippen LogP contribution in [0.15, 0.2) is 0 Å². The van der Waals surface area contributed by atoms with Crippen LogP contribution in [-0.4, -0.2) is 36.4 Å². The number of aryl methyl sites for hydroxylation is 1. The highest BCUT2D eigenvalue weighted by atomic mass is 32.1. The number of carbonyl (C=O) groups is 1. The van der Waals surface area contributed by atoms with Gasteiger partial charge in [0.05, 0.1) is 13.5 Å². The van der Waals surface area contributed by atoms with E-state index in [0.29, 0.717) is 13.0 Å². The number of aromatic nitrogens is 2. The molecule has 0 atom stereocenters. The third-order valence-corrected chi connectivity index (χ3v) is 2.88. The van der Waals surface area contributed by atoms with Crippen molar-refractivity contribution < 1.29 is 9.53 Å². The first-order valence-electron chi connectivity index (χ1n) is 4.79. The second-order valence-electron chi connectivity index (χ2n) is 3.01. The maximum absolute atomic E-state index is 11.0. The van der Waals surface area contributed by atoms with Gasteiger partial charge in [-0.15, -0.1) is 10.2 Å². The fraction of sp³-hybridized carbons (Fsp3) is 0.667. The van der Waals surface area contributed by atoms with Crippen molar-refractivity contribution >= 4 is 22.4 Å². The predicted octanol–water partition coefficient (Wildman–Crippen LogP) is 1.24. The Kier molecular flexibility index (Phi) is 4.48. The monoisotopic (exact) mass is 229 g/mol. The summed E-state index contributed by atoms with van der Waals surface area (Å²) in [6.07, 6.45) is 0.378. The molecular formula is C9H15N3O2S. The zero-order valence-corrected chi connectivity index (χ0v) is 10.0. The van der Waals surface area contributed by atoms with E-state index in [1.54, 1.807) is 0 Å². The van der Waals surface area contributed by atoms with Gasteiger partial charge in [-0.1, -0.05) is 11.3 Å². The lowest BCUT2D eigenvalue weighted by molar-refractivity contribution is -0.140. The van der Waals surface area contributed by atoms with Crippen molar-refractivity contribution in [1.82, 2.24) is 10.2 Å². The maximum atomic E-state index is 11.0. The minimum atomic E-state index is -0.199. The fourth-order valence-corrected chi connectivity index (χ4v) is 1.91. The fourth-order valence-electron chi connectivity index (χ4n) is 1.13. The van der Waals surface area contributed by atoms with Gasteiger partial charge in [-0.25, -0.2) is 0 Å². The van der Waals surface area contributed by atoms with Crippen LogP contribution in [0.4, 0.5) is 5.13 Å². The van der Waals surface area contributed by atoms with Crippen LogP contribution in [-0.2, 0) is 9.53 Å². The molecule has 1 aromatic rings. The highest BCUT2D eigenvalue weighted by Crippen LogP contribution is 2.19. The molecule has 0 amide bonds. The normalized spacial score (nSPS) is 10.1. The molecule has 0 spiro atoms. The number of esters is 1. The zero-order chi connectivity index (χ0) is 11.3. The Morgan fingerprint density at radius 2 is 2.27 bits per heavy atom. The van der Waals surface area contributed by atoms with Crippen molar-refractivity contribution in [1.29, 1.82) is 0 Å². The molecule has 0 aliphatic rings. The first-order valence-corrected chi connectivity index (χ1v) is 5.61. The van der Waals surface area contributed by atoms with Gasteiger partial charge in [0.2, 0.25) is 5.13 Å². The summed E-state index contributed by atoms with van der Waals surface area (Å²) in [5.41, 5.74) is 0. The smallest absolute Gasteiger partial charge is 0.307 e. The topological polar surface area (TPSA) is 55.3 Å².